The minimum absolute atomic E-state index is 0.171. The average Bonchev–Trinajstić information content (AvgIpc) is 3.45. The lowest BCUT2D eigenvalue weighted by Gasteiger charge is -2.29. The van der Waals surface area contributed by atoms with Crippen LogP contribution in [0.25, 0.3) is 16.3 Å². The van der Waals surface area contributed by atoms with Gasteiger partial charge in [0.25, 0.3) is 0 Å². The zero-order valence-electron chi connectivity index (χ0n) is 26.7. The number of unbranched alkanes of at least 4 members (excludes halogenated alkanes) is 1. The van der Waals surface area contributed by atoms with Gasteiger partial charge in [-0.05, 0) is 111 Å². The SMILES string of the molecule is C=C(/C=C(\C)c1ccc2cc(C)c(C)cc2c1)NCCC(C)CC(C)(C)NC(=O)CCCCC1SC[C@@H]2NC(=C)N[C@H]12. The van der Waals surface area contributed by atoms with Crippen molar-refractivity contribution in [2.24, 2.45) is 5.92 Å². The Morgan fingerprint density at radius 1 is 1.14 bits per heavy atom. The second-order valence-corrected chi connectivity index (χ2v) is 14.6. The van der Waals surface area contributed by atoms with Gasteiger partial charge in [-0.1, -0.05) is 50.8 Å². The van der Waals surface area contributed by atoms with E-state index >= 15 is 0 Å². The Hall–Kier alpha value is -2.86. The molecular weight excluding hydrogens is 536 g/mol. The van der Waals surface area contributed by atoms with Crippen molar-refractivity contribution < 1.29 is 4.79 Å². The van der Waals surface area contributed by atoms with Gasteiger partial charge in [-0.2, -0.15) is 11.8 Å². The van der Waals surface area contributed by atoms with Crippen LogP contribution in [0.1, 0.15) is 82.9 Å². The molecule has 0 aromatic heterocycles. The summed E-state index contributed by atoms with van der Waals surface area (Å²) < 4.78 is 0. The maximum absolute atomic E-state index is 12.7. The summed E-state index contributed by atoms with van der Waals surface area (Å²) in [6, 6.07) is 12.2. The number of carbonyl (C=O) groups excluding carboxylic acids is 1. The van der Waals surface area contributed by atoms with Crippen molar-refractivity contribution in [3.05, 3.63) is 77.8 Å². The fourth-order valence-corrected chi connectivity index (χ4v) is 8.03. The molecule has 5 nitrogen and oxygen atoms in total. The quantitative estimate of drug-likeness (QED) is 0.137. The molecule has 0 saturated carbocycles. The second-order valence-electron chi connectivity index (χ2n) is 13.3. The fourth-order valence-electron chi connectivity index (χ4n) is 6.49. The minimum atomic E-state index is -0.217. The molecule has 4 atom stereocenters. The minimum Gasteiger partial charge on any atom is -0.386 e. The van der Waals surface area contributed by atoms with Crippen LogP contribution in [0.2, 0.25) is 0 Å². The van der Waals surface area contributed by atoms with Crippen molar-refractivity contribution in [1.82, 2.24) is 21.3 Å². The molecule has 2 aromatic carbocycles. The Balaban J connectivity index is 1.13. The monoisotopic (exact) mass is 588 g/mol. The highest BCUT2D eigenvalue weighted by Crippen LogP contribution is 2.34. The average molecular weight is 589 g/mol. The first-order chi connectivity index (χ1) is 19.9. The third kappa shape index (κ3) is 8.82. The molecule has 2 saturated heterocycles. The topological polar surface area (TPSA) is 65.2 Å². The molecule has 2 aliphatic rings. The number of allylic oxidation sites excluding steroid dienone is 2. The van der Waals surface area contributed by atoms with E-state index in [1.54, 1.807) is 0 Å². The smallest absolute Gasteiger partial charge is 0.220 e. The summed E-state index contributed by atoms with van der Waals surface area (Å²) in [5.74, 6) is 2.75. The van der Waals surface area contributed by atoms with Gasteiger partial charge in [0.1, 0.15) is 0 Å². The number of fused-ring (bicyclic) bond motifs is 2. The predicted octanol–water partition coefficient (Wildman–Crippen LogP) is 7.35. The highest BCUT2D eigenvalue weighted by molar-refractivity contribution is 8.00. The summed E-state index contributed by atoms with van der Waals surface area (Å²) in [5.41, 5.74) is 5.79. The van der Waals surface area contributed by atoms with Crippen molar-refractivity contribution >= 4 is 34.0 Å². The molecule has 0 spiro atoms. The summed E-state index contributed by atoms with van der Waals surface area (Å²) in [4.78, 5) is 12.7. The molecule has 42 heavy (non-hydrogen) atoms. The molecule has 0 radical (unpaired) electrons. The Kier molecular flexibility index (Phi) is 10.7. The van der Waals surface area contributed by atoms with Crippen LogP contribution in [-0.2, 0) is 4.79 Å². The maximum atomic E-state index is 12.7. The highest BCUT2D eigenvalue weighted by Gasteiger charge is 2.40. The molecule has 1 amide bonds. The lowest BCUT2D eigenvalue weighted by atomic mass is 9.89. The van der Waals surface area contributed by atoms with Gasteiger partial charge in [-0.25, -0.2) is 0 Å². The molecule has 0 bridgehead atoms. The van der Waals surface area contributed by atoms with Crippen LogP contribution in [0.3, 0.4) is 0 Å². The van der Waals surface area contributed by atoms with Crippen molar-refractivity contribution in [3.8, 4) is 0 Å². The predicted molar refractivity (Wildman–Crippen MR) is 183 cm³/mol. The number of benzene rings is 2. The van der Waals surface area contributed by atoms with Crippen LogP contribution in [0.15, 0.2) is 61.1 Å². The zero-order valence-corrected chi connectivity index (χ0v) is 27.5. The van der Waals surface area contributed by atoms with Crippen molar-refractivity contribution in [3.63, 3.8) is 0 Å². The lowest BCUT2D eigenvalue weighted by Crippen LogP contribution is -2.44. The van der Waals surface area contributed by atoms with E-state index in [0.717, 1.165) is 55.9 Å². The molecule has 2 unspecified atom stereocenters. The number of carbonyl (C=O) groups is 1. The van der Waals surface area contributed by atoms with Gasteiger partial charge in [-0.3, -0.25) is 4.79 Å². The van der Waals surface area contributed by atoms with E-state index < -0.39 is 0 Å². The number of hydrogen-bond donors (Lipinski definition) is 4. The maximum Gasteiger partial charge on any atom is 0.220 e. The van der Waals surface area contributed by atoms with Crippen LogP contribution in [-0.4, -0.2) is 41.1 Å². The largest absolute Gasteiger partial charge is 0.386 e. The summed E-state index contributed by atoms with van der Waals surface area (Å²) in [6.45, 7) is 22.2. The molecule has 4 rings (SSSR count). The molecule has 2 fully saturated rings. The van der Waals surface area contributed by atoms with Crippen molar-refractivity contribution in [1.29, 1.82) is 0 Å². The summed E-state index contributed by atoms with van der Waals surface area (Å²) >= 11 is 2.04. The molecule has 4 N–H and O–H groups in total. The van der Waals surface area contributed by atoms with E-state index in [0.29, 0.717) is 29.7 Å². The Labute approximate surface area is 258 Å². The Morgan fingerprint density at radius 3 is 2.64 bits per heavy atom. The first kappa shape index (κ1) is 32.1. The summed E-state index contributed by atoms with van der Waals surface area (Å²) in [6.07, 6.45) is 7.89. The fraction of sp³-hybridized carbons (Fsp3) is 0.528. The number of nitrogens with one attached hydrogen (secondary N) is 4. The van der Waals surface area contributed by atoms with E-state index in [-0.39, 0.29) is 11.4 Å². The first-order valence-corrected chi connectivity index (χ1v) is 16.7. The van der Waals surface area contributed by atoms with Crippen LogP contribution >= 0.6 is 11.8 Å². The van der Waals surface area contributed by atoms with Gasteiger partial charge < -0.3 is 21.3 Å². The van der Waals surface area contributed by atoms with Gasteiger partial charge in [0.15, 0.2) is 0 Å². The third-order valence-corrected chi connectivity index (χ3v) is 10.3. The molecule has 2 aliphatic heterocycles. The molecular formula is C36H52N4OS. The second kappa shape index (κ2) is 14.1. The molecule has 0 aliphatic carbocycles. The Morgan fingerprint density at radius 2 is 1.88 bits per heavy atom. The highest BCUT2D eigenvalue weighted by atomic mass is 32.2. The van der Waals surface area contributed by atoms with Gasteiger partial charge in [0, 0.05) is 35.2 Å². The van der Waals surface area contributed by atoms with Gasteiger partial charge in [0.2, 0.25) is 5.91 Å². The van der Waals surface area contributed by atoms with E-state index in [1.165, 1.54) is 33.0 Å². The van der Waals surface area contributed by atoms with Gasteiger partial charge >= 0.3 is 0 Å². The van der Waals surface area contributed by atoms with Gasteiger partial charge in [0.05, 0.1) is 17.9 Å². The molecule has 228 valence electrons. The van der Waals surface area contributed by atoms with E-state index in [4.69, 9.17) is 0 Å². The van der Waals surface area contributed by atoms with Crippen LogP contribution in [0.5, 0.6) is 0 Å². The number of thioether (sulfide) groups is 1. The first-order valence-electron chi connectivity index (χ1n) is 15.7. The van der Waals surface area contributed by atoms with Gasteiger partial charge in [-0.15, -0.1) is 0 Å². The Bertz CT molecular complexity index is 1330. The number of amides is 1. The van der Waals surface area contributed by atoms with E-state index in [2.05, 4.69) is 112 Å². The normalized spacial score (nSPS) is 21.0. The van der Waals surface area contributed by atoms with Crippen molar-refractivity contribution in [2.75, 3.05) is 12.3 Å². The number of aryl methyl sites for hydroxylation is 2. The van der Waals surface area contributed by atoms with Crippen LogP contribution < -0.4 is 21.3 Å². The summed E-state index contributed by atoms with van der Waals surface area (Å²) in [7, 11) is 0. The van der Waals surface area contributed by atoms with Crippen molar-refractivity contribution in [2.45, 2.75) is 103 Å². The lowest BCUT2D eigenvalue weighted by molar-refractivity contribution is -0.123. The molecule has 2 aromatic rings. The number of rotatable bonds is 14. The van der Waals surface area contributed by atoms with E-state index in [9.17, 15) is 4.79 Å². The zero-order chi connectivity index (χ0) is 30.4. The van der Waals surface area contributed by atoms with E-state index in [1.807, 2.05) is 11.8 Å². The number of hydrogen-bond acceptors (Lipinski definition) is 5. The standard InChI is InChI=1S/C36H52N4OS/c1-23(15-16-37-27(5)17-26(4)29-13-14-30-18-24(2)25(3)19-31(30)20-29)21-36(7,8)40-34(41)12-10-9-11-33-35-32(22-42-33)38-28(6)39-35/h13-14,17-20,23,32-33,35,37-39H,5-6,9-12,15-16,21-22H2,1-4,7-8H3,(H,40,41)/b26-17+/t23?,32-,33?,35-/m0/s1. The van der Waals surface area contributed by atoms with Crippen LogP contribution in [0, 0.1) is 19.8 Å². The molecule has 6 heteroatoms. The van der Waals surface area contributed by atoms with Crippen LogP contribution in [0.4, 0.5) is 0 Å². The summed E-state index contributed by atoms with van der Waals surface area (Å²) in [5, 5.41) is 16.9. The third-order valence-electron chi connectivity index (χ3n) is 8.79. The molecule has 2 heterocycles.